The summed E-state index contributed by atoms with van der Waals surface area (Å²) >= 11 is 5.80. The van der Waals surface area contributed by atoms with Crippen molar-refractivity contribution in [3.8, 4) is 0 Å². The van der Waals surface area contributed by atoms with Crippen molar-refractivity contribution in [2.75, 3.05) is 11.9 Å². The molecule has 6 nitrogen and oxygen atoms in total. The standard InChI is InChI=1S/C20H17ClF3N3O3/c21-14-8-4-7-13(20(22,23)24)17(14)26-16(28)11-27-18(29)15(25-19(27)30)10-9-12-5-2-1-3-6-12/h1-8,15H,9-11H2,(H,25,30)(H,26,28). The molecule has 2 aromatic rings. The van der Waals surface area contributed by atoms with Gasteiger partial charge in [-0.2, -0.15) is 13.2 Å². The van der Waals surface area contributed by atoms with Crippen molar-refractivity contribution in [1.29, 1.82) is 0 Å². The minimum atomic E-state index is -4.74. The number of carbonyl (C=O) groups excluding carboxylic acids is 3. The zero-order valence-corrected chi connectivity index (χ0v) is 16.3. The first-order valence-corrected chi connectivity index (χ1v) is 9.36. The van der Waals surface area contributed by atoms with E-state index in [-0.39, 0.29) is 5.02 Å². The second-order valence-electron chi connectivity index (χ2n) is 6.66. The number of rotatable bonds is 6. The molecule has 3 rings (SSSR count). The lowest BCUT2D eigenvalue weighted by molar-refractivity contribution is -0.137. The minimum absolute atomic E-state index is 0.309. The van der Waals surface area contributed by atoms with Gasteiger partial charge < -0.3 is 10.6 Å². The van der Waals surface area contributed by atoms with Crippen LogP contribution in [0.5, 0.6) is 0 Å². The van der Waals surface area contributed by atoms with E-state index < -0.39 is 47.9 Å². The number of para-hydroxylation sites is 1. The normalized spacial score (nSPS) is 16.5. The molecule has 2 N–H and O–H groups in total. The summed E-state index contributed by atoms with van der Waals surface area (Å²) in [5, 5.41) is 4.24. The second kappa shape index (κ2) is 8.74. The fourth-order valence-electron chi connectivity index (χ4n) is 3.09. The quantitative estimate of drug-likeness (QED) is 0.671. The molecule has 0 saturated carbocycles. The van der Waals surface area contributed by atoms with E-state index in [0.29, 0.717) is 17.7 Å². The van der Waals surface area contributed by atoms with Crippen LogP contribution < -0.4 is 10.6 Å². The predicted octanol–water partition coefficient (Wildman–Crippen LogP) is 3.85. The largest absolute Gasteiger partial charge is 0.418 e. The Bertz CT molecular complexity index is 967. The molecule has 0 radical (unpaired) electrons. The van der Waals surface area contributed by atoms with Crippen LogP contribution >= 0.6 is 11.6 Å². The monoisotopic (exact) mass is 439 g/mol. The van der Waals surface area contributed by atoms with E-state index in [4.69, 9.17) is 11.6 Å². The molecule has 1 heterocycles. The molecule has 1 fully saturated rings. The number of hydrogen-bond acceptors (Lipinski definition) is 3. The lowest BCUT2D eigenvalue weighted by Gasteiger charge is -2.17. The Hall–Kier alpha value is -3.07. The van der Waals surface area contributed by atoms with Gasteiger partial charge in [-0.15, -0.1) is 0 Å². The van der Waals surface area contributed by atoms with Crippen LogP contribution in [0.3, 0.4) is 0 Å². The summed E-state index contributed by atoms with van der Waals surface area (Å²) in [6, 6.07) is 10.8. The highest BCUT2D eigenvalue weighted by molar-refractivity contribution is 6.34. The number of amides is 4. The summed E-state index contributed by atoms with van der Waals surface area (Å²) in [5.74, 6) is -1.58. The molecule has 1 aliphatic rings. The van der Waals surface area contributed by atoms with Gasteiger partial charge in [-0.05, 0) is 30.5 Å². The summed E-state index contributed by atoms with van der Waals surface area (Å²) in [5.41, 5.74) is -0.764. The highest BCUT2D eigenvalue weighted by Gasteiger charge is 2.39. The van der Waals surface area contributed by atoms with Crippen LogP contribution in [0.15, 0.2) is 48.5 Å². The van der Waals surface area contributed by atoms with E-state index in [0.717, 1.165) is 17.7 Å². The first-order chi connectivity index (χ1) is 14.2. The van der Waals surface area contributed by atoms with Gasteiger partial charge in [0, 0.05) is 0 Å². The van der Waals surface area contributed by atoms with Gasteiger partial charge in [0.15, 0.2) is 0 Å². The molecule has 30 heavy (non-hydrogen) atoms. The fraction of sp³-hybridized carbons (Fsp3) is 0.250. The van der Waals surface area contributed by atoms with Crippen molar-refractivity contribution in [3.63, 3.8) is 0 Å². The van der Waals surface area contributed by atoms with Crippen LogP contribution in [0, 0.1) is 0 Å². The highest BCUT2D eigenvalue weighted by atomic mass is 35.5. The lowest BCUT2D eigenvalue weighted by Crippen LogP contribution is -2.38. The molecule has 1 unspecified atom stereocenters. The van der Waals surface area contributed by atoms with Crippen LogP contribution in [0.25, 0.3) is 0 Å². The van der Waals surface area contributed by atoms with Crippen molar-refractivity contribution in [2.45, 2.75) is 25.1 Å². The van der Waals surface area contributed by atoms with Crippen molar-refractivity contribution < 1.29 is 27.6 Å². The van der Waals surface area contributed by atoms with Crippen LogP contribution in [-0.2, 0) is 22.2 Å². The molecule has 10 heteroatoms. The fourth-order valence-corrected chi connectivity index (χ4v) is 3.31. The number of anilines is 1. The van der Waals surface area contributed by atoms with Crippen molar-refractivity contribution in [2.24, 2.45) is 0 Å². The number of alkyl halides is 3. The molecule has 1 atom stereocenters. The number of nitrogens with one attached hydrogen (secondary N) is 2. The third kappa shape index (κ3) is 4.91. The van der Waals surface area contributed by atoms with Crippen LogP contribution in [0.4, 0.5) is 23.7 Å². The van der Waals surface area contributed by atoms with Gasteiger partial charge in [-0.3, -0.25) is 14.5 Å². The zero-order chi connectivity index (χ0) is 21.9. The average Bonchev–Trinajstić information content (AvgIpc) is 2.95. The third-order valence-electron chi connectivity index (χ3n) is 4.56. The molecule has 0 aliphatic carbocycles. The Morgan fingerprint density at radius 1 is 1.10 bits per heavy atom. The summed E-state index contributed by atoms with van der Waals surface area (Å²) in [6.07, 6.45) is -3.88. The molecule has 158 valence electrons. The summed E-state index contributed by atoms with van der Waals surface area (Å²) in [6.45, 7) is -0.727. The second-order valence-corrected chi connectivity index (χ2v) is 7.07. The van der Waals surface area contributed by atoms with Gasteiger partial charge in [0.25, 0.3) is 5.91 Å². The predicted molar refractivity (Wildman–Crippen MR) is 104 cm³/mol. The number of carbonyl (C=O) groups is 3. The van der Waals surface area contributed by atoms with E-state index in [2.05, 4.69) is 10.6 Å². The van der Waals surface area contributed by atoms with Gasteiger partial charge in [0.05, 0.1) is 16.3 Å². The van der Waals surface area contributed by atoms with Crippen LogP contribution in [0.1, 0.15) is 17.5 Å². The molecule has 1 aliphatic heterocycles. The third-order valence-corrected chi connectivity index (χ3v) is 4.87. The van der Waals surface area contributed by atoms with Crippen molar-refractivity contribution in [3.05, 3.63) is 64.7 Å². The molecule has 4 amide bonds. The maximum absolute atomic E-state index is 13.1. The maximum Gasteiger partial charge on any atom is 0.418 e. The topological polar surface area (TPSA) is 78.5 Å². The molecule has 2 aromatic carbocycles. The van der Waals surface area contributed by atoms with E-state index in [1.807, 2.05) is 30.3 Å². The van der Waals surface area contributed by atoms with Gasteiger partial charge in [0.2, 0.25) is 5.91 Å². The SMILES string of the molecule is O=C(CN1C(=O)NC(CCc2ccccc2)C1=O)Nc1c(Cl)cccc1C(F)(F)F. The molecule has 0 aromatic heterocycles. The van der Waals surface area contributed by atoms with E-state index in [9.17, 15) is 27.6 Å². The number of urea groups is 1. The number of nitrogens with zero attached hydrogens (tertiary/aromatic N) is 1. The maximum atomic E-state index is 13.1. The van der Waals surface area contributed by atoms with Gasteiger partial charge >= 0.3 is 12.2 Å². The Balaban J connectivity index is 1.65. The van der Waals surface area contributed by atoms with E-state index in [1.54, 1.807) is 0 Å². The van der Waals surface area contributed by atoms with E-state index in [1.165, 1.54) is 6.07 Å². The average molecular weight is 440 g/mol. The molecular weight excluding hydrogens is 423 g/mol. The zero-order valence-electron chi connectivity index (χ0n) is 15.5. The summed E-state index contributed by atoms with van der Waals surface area (Å²) in [4.78, 5) is 37.5. The van der Waals surface area contributed by atoms with Crippen molar-refractivity contribution in [1.82, 2.24) is 10.2 Å². The molecule has 0 bridgehead atoms. The van der Waals surface area contributed by atoms with Gasteiger partial charge in [0.1, 0.15) is 12.6 Å². The van der Waals surface area contributed by atoms with Gasteiger partial charge in [-0.1, -0.05) is 48.0 Å². The Labute approximate surface area is 175 Å². The smallest absolute Gasteiger partial charge is 0.326 e. The summed E-state index contributed by atoms with van der Waals surface area (Å²) < 4.78 is 39.4. The van der Waals surface area contributed by atoms with Crippen molar-refractivity contribution >= 4 is 35.1 Å². The van der Waals surface area contributed by atoms with E-state index >= 15 is 0 Å². The first kappa shape index (κ1) is 21.6. The summed E-state index contributed by atoms with van der Waals surface area (Å²) in [7, 11) is 0. The Morgan fingerprint density at radius 2 is 1.80 bits per heavy atom. The lowest BCUT2D eigenvalue weighted by atomic mass is 10.1. The van der Waals surface area contributed by atoms with Crippen LogP contribution in [0.2, 0.25) is 5.02 Å². The Morgan fingerprint density at radius 3 is 2.47 bits per heavy atom. The molecule has 0 spiro atoms. The first-order valence-electron chi connectivity index (χ1n) is 8.98. The number of aryl methyl sites for hydroxylation is 1. The molecule has 1 saturated heterocycles. The highest BCUT2D eigenvalue weighted by Crippen LogP contribution is 2.38. The Kier molecular flexibility index (Phi) is 6.31. The number of halogens is 4. The van der Waals surface area contributed by atoms with Crippen LogP contribution in [-0.4, -0.2) is 35.3 Å². The van der Waals surface area contributed by atoms with Gasteiger partial charge in [-0.25, -0.2) is 4.79 Å². The number of hydrogen-bond donors (Lipinski definition) is 2. The molecular formula is C20H17ClF3N3O3. The minimum Gasteiger partial charge on any atom is -0.326 e. The number of benzene rings is 2. The number of imide groups is 1.